The molecule has 1 aromatic rings. The van der Waals surface area contributed by atoms with Crippen LogP contribution in [0.3, 0.4) is 0 Å². The fraction of sp³-hybridized carbons (Fsp3) is 0.625. The van der Waals surface area contributed by atoms with Crippen LogP contribution in [0.4, 0.5) is 0 Å². The molecule has 0 atom stereocenters. The Morgan fingerprint density at radius 1 is 1.64 bits per heavy atom. The van der Waals surface area contributed by atoms with E-state index in [0.29, 0.717) is 18.8 Å². The van der Waals surface area contributed by atoms with Crippen LogP contribution in [0.2, 0.25) is 0 Å². The van der Waals surface area contributed by atoms with Crippen molar-refractivity contribution in [2.75, 3.05) is 13.2 Å². The monoisotopic (exact) mass is 199 g/mol. The zero-order valence-electron chi connectivity index (χ0n) is 8.23. The van der Waals surface area contributed by atoms with Gasteiger partial charge in [-0.1, -0.05) is 5.21 Å². The van der Waals surface area contributed by atoms with E-state index < -0.39 is 5.97 Å². The van der Waals surface area contributed by atoms with E-state index in [4.69, 9.17) is 9.84 Å². The fourth-order valence-corrected chi connectivity index (χ4v) is 1.06. The zero-order chi connectivity index (χ0) is 10.6. The summed E-state index contributed by atoms with van der Waals surface area (Å²) in [5.74, 6) is -0.478. The largest absolute Gasteiger partial charge is 0.461 e. The summed E-state index contributed by atoms with van der Waals surface area (Å²) in [6.45, 7) is 4.04. The summed E-state index contributed by atoms with van der Waals surface area (Å²) in [7, 11) is 0. The SMILES string of the molecule is CCOC(=O)c1nnn(CCO)c1C. The molecule has 0 spiro atoms. The first-order valence-electron chi connectivity index (χ1n) is 4.38. The summed E-state index contributed by atoms with van der Waals surface area (Å²) in [4.78, 5) is 11.3. The Morgan fingerprint density at radius 3 is 2.93 bits per heavy atom. The average molecular weight is 199 g/mol. The molecule has 0 aliphatic carbocycles. The van der Waals surface area contributed by atoms with Crippen molar-refractivity contribution in [1.82, 2.24) is 15.0 Å². The van der Waals surface area contributed by atoms with Gasteiger partial charge in [0.25, 0.3) is 0 Å². The summed E-state index contributed by atoms with van der Waals surface area (Å²) < 4.78 is 6.25. The third kappa shape index (κ3) is 2.08. The van der Waals surface area contributed by atoms with Gasteiger partial charge in [-0.3, -0.25) is 0 Å². The minimum atomic E-state index is -0.478. The van der Waals surface area contributed by atoms with Crippen LogP contribution in [-0.4, -0.2) is 39.3 Å². The van der Waals surface area contributed by atoms with Gasteiger partial charge in [-0.15, -0.1) is 5.10 Å². The van der Waals surface area contributed by atoms with E-state index in [-0.39, 0.29) is 12.3 Å². The van der Waals surface area contributed by atoms with E-state index in [1.165, 1.54) is 4.68 Å². The number of hydrogen-bond acceptors (Lipinski definition) is 5. The smallest absolute Gasteiger partial charge is 0.360 e. The molecule has 1 rings (SSSR count). The Labute approximate surface area is 81.5 Å². The highest BCUT2D eigenvalue weighted by Crippen LogP contribution is 2.04. The Kier molecular flexibility index (Phi) is 3.58. The van der Waals surface area contributed by atoms with Crippen molar-refractivity contribution < 1.29 is 14.6 Å². The molecule has 0 amide bonds. The number of aliphatic hydroxyl groups is 1. The van der Waals surface area contributed by atoms with Crippen molar-refractivity contribution in [1.29, 1.82) is 0 Å². The van der Waals surface area contributed by atoms with Crippen LogP contribution in [-0.2, 0) is 11.3 Å². The first-order chi connectivity index (χ1) is 6.70. The second-order valence-electron chi connectivity index (χ2n) is 2.69. The van der Waals surface area contributed by atoms with E-state index >= 15 is 0 Å². The van der Waals surface area contributed by atoms with Gasteiger partial charge in [0.05, 0.1) is 25.5 Å². The lowest BCUT2D eigenvalue weighted by atomic mass is 10.3. The molecule has 0 fully saturated rings. The number of carbonyl (C=O) groups is 1. The second kappa shape index (κ2) is 4.71. The van der Waals surface area contributed by atoms with E-state index in [9.17, 15) is 4.79 Å². The molecule has 14 heavy (non-hydrogen) atoms. The van der Waals surface area contributed by atoms with Crippen LogP contribution >= 0.6 is 0 Å². The molecule has 6 nitrogen and oxygen atoms in total. The van der Waals surface area contributed by atoms with Crippen molar-refractivity contribution in [3.05, 3.63) is 11.4 Å². The molecule has 1 aromatic heterocycles. The number of esters is 1. The number of nitrogens with zero attached hydrogens (tertiary/aromatic N) is 3. The topological polar surface area (TPSA) is 77.2 Å². The number of aliphatic hydroxyl groups excluding tert-OH is 1. The highest BCUT2D eigenvalue weighted by atomic mass is 16.5. The van der Waals surface area contributed by atoms with Crippen LogP contribution in [0, 0.1) is 6.92 Å². The first-order valence-corrected chi connectivity index (χ1v) is 4.38. The van der Waals surface area contributed by atoms with Gasteiger partial charge in [0.1, 0.15) is 0 Å². The fourth-order valence-electron chi connectivity index (χ4n) is 1.06. The van der Waals surface area contributed by atoms with Crippen LogP contribution < -0.4 is 0 Å². The molecule has 0 unspecified atom stereocenters. The van der Waals surface area contributed by atoms with Gasteiger partial charge in [0.2, 0.25) is 0 Å². The first kappa shape index (κ1) is 10.6. The van der Waals surface area contributed by atoms with Crippen molar-refractivity contribution >= 4 is 5.97 Å². The number of hydrogen-bond donors (Lipinski definition) is 1. The normalized spacial score (nSPS) is 10.2. The quantitative estimate of drug-likeness (QED) is 0.677. The Morgan fingerprint density at radius 2 is 2.36 bits per heavy atom. The number of aromatic nitrogens is 3. The van der Waals surface area contributed by atoms with Gasteiger partial charge in [-0.05, 0) is 13.8 Å². The Balaban J connectivity index is 2.83. The maximum Gasteiger partial charge on any atom is 0.360 e. The molecular weight excluding hydrogens is 186 g/mol. The second-order valence-corrected chi connectivity index (χ2v) is 2.69. The molecule has 0 aliphatic heterocycles. The molecule has 78 valence electrons. The predicted molar refractivity (Wildman–Crippen MR) is 47.8 cm³/mol. The molecule has 0 aliphatic rings. The van der Waals surface area contributed by atoms with Gasteiger partial charge in [0.15, 0.2) is 5.69 Å². The molecule has 6 heteroatoms. The van der Waals surface area contributed by atoms with Crippen LogP contribution in [0.5, 0.6) is 0 Å². The number of rotatable bonds is 4. The lowest BCUT2D eigenvalue weighted by Gasteiger charge is -2.00. The van der Waals surface area contributed by atoms with Crippen molar-refractivity contribution in [3.63, 3.8) is 0 Å². The summed E-state index contributed by atoms with van der Waals surface area (Å²) in [6, 6.07) is 0. The molecule has 0 radical (unpaired) electrons. The van der Waals surface area contributed by atoms with Crippen LogP contribution in [0.15, 0.2) is 0 Å². The van der Waals surface area contributed by atoms with Gasteiger partial charge in [-0.25, -0.2) is 9.48 Å². The summed E-state index contributed by atoms with van der Waals surface area (Å²) in [6.07, 6.45) is 0. The molecule has 1 heterocycles. The third-order valence-corrected chi connectivity index (χ3v) is 1.76. The summed E-state index contributed by atoms with van der Waals surface area (Å²) >= 11 is 0. The summed E-state index contributed by atoms with van der Waals surface area (Å²) in [5.41, 5.74) is 0.817. The molecule has 0 aromatic carbocycles. The van der Waals surface area contributed by atoms with Gasteiger partial charge in [0, 0.05) is 0 Å². The average Bonchev–Trinajstić information content (AvgIpc) is 2.49. The molecule has 0 saturated heterocycles. The van der Waals surface area contributed by atoms with E-state index in [1.807, 2.05) is 0 Å². The zero-order valence-corrected chi connectivity index (χ0v) is 8.23. The van der Waals surface area contributed by atoms with Gasteiger partial charge in [-0.2, -0.15) is 0 Å². The standard InChI is InChI=1S/C8H13N3O3/c1-3-14-8(13)7-6(2)11(4-5-12)10-9-7/h12H,3-5H2,1-2H3. The molecule has 0 bridgehead atoms. The van der Waals surface area contributed by atoms with Gasteiger partial charge < -0.3 is 9.84 Å². The minimum Gasteiger partial charge on any atom is -0.461 e. The summed E-state index contributed by atoms with van der Waals surface area (Å²) in [5, 5.41) is 16.1. The Bertz CT molecular complexity index is 322. The van der Waals surface area contributed by atoms with Crippen molar-refractivity contribution in [2.24, 2.45) is 0 Å². The maximum atomic E-state index is 11.3. The molecule has 1 N–H and O–H groups in total. The Hall–Kier alpha value is -1.43. The third-order valence-electron chi connectivity index (χ3n) is 1.76. The highest BCUT2D eigenvalue weighted by Gasteiger charge is 2.16. The number of ether oxygens (including phenoxy) is 1. The van der Waals surface area contributed by atoms with Gasteiger partial charge >= 0.3 is 5.97 Å². The lowest BCUT2D eigenvalue weighted by Crippen LogP contribution is -2.09. The predicted octanol–water partition coefficient (Wildman–Crippen LogP) is -0.244. The van der Waals surface area contributed by atoms with E-state index in [0.717, 1.165) is 0 Å². The van der Waals surface area contributed by atoms with Crippen molar-refractivity contribution in [3.8, 4) is 0 Å². The van der Waals surface area contributed by atoms with Crippen molar-refractivity contribution in [2.45, 2.75) is 20.4 Å². The lowest BCUT2D eigenvalue weighted by molar-refractivity contribution is 0.0518. The van der Waals surface area contributed by atoms with Crippen LogP contribution in [0.1, 0.15) is 23.1 Å². The highest BCUT2D eigenvalue weighted by molar-refractivity contribution is 5.88. The van der Waals surface area contributed by atoms with Crippen LogP contribution in [0.25, 0.3) is 0 Å². The van der Waals surface area contributed by atoms with E-state index in [2.05, 4.69) is 10.3 Å². The van der Waals surface area contributed by atoms with E-state index in [1.54, 1.807) is 13.8 Å². The molecule has 0 saturated carbocycles. The number of carbonyl (C=O) groups excluding carboxylic acids is 1. The minimum absolute atomic E-state index is 0.0353. The molecular formula is C8H13N3O3. The maximum absolute atomic E-state index is 11.3.